The third-order valence-corrected chi connectivity index (χ3v) is 6.85. The molecule has 0 aliphatic carbocycles. The summed E-state index contributed by atoms with van der Waals surface area (Å²) in [5.41, 5.74) is 2.16. The van der Waals surface area contributed by atoms with E-state index in [1.807, 2.05) is 15.5 Å². The molecule has 0 radical (unpaired) electrons. The van der Waals surface area contributed by atoms with Gasteiger partial charge in [0.25, 0.3) is 5.91 Å². The van der Waals surface area contributed by atoms with Gasteiger partial charge in [-0.3, -0.25) is 4.79 Å². The van der Waals surface area contributed by atoms with Crippen molar-refractivity contribution in [3.8, 4) is 0 Å². The molecule has 27 heavy (non-hydrogen) atoms. The van der Waals surface area contributed by atoms with Crippen LogP contribution in [0.15, 0.2) is 24.5 Å². The van der Waals surface area contributed by atoms with Crippen LogP contribution in [-0.4, -0.2) is 76.7 Å². The SMILES string of the molecule is CS(=O)(=O)N1C[C@@H]2CC[C@H](C1)N(C(=O)c1ccc3c(c1)ncn3CCO)C2. The molecule has 3 saturated heterocycles. The number of amides is 1. The summed E-state index contributed by atoms with van der Waals surface area (Å²) < 4.78 is 27.4. The Labute approximate surface area is 158 Å². The van der Waals surface area contributed by atoms with Crippen LogP contribution in [0.1, 0.15) is 23.2 Å². The van der Waals surface area contributed by atoms with Gasteiger partial charge in [0.2, 0.25) is 10.0 Å². The summed E-state index contributed by atoms with van der Waals surface area (Å²) in [6.07, 6.45) is 4.68. The molecule has 3 fully saturated rings. The highest BCUT2D eigenvalue weighted by Gasteiger charge is 2.39. The summed E-state index contributed by atoms with van der Waals surface area (Å²) in [6.45, 7) is 1.94. The zero-order valence-electron chi connectivity index (χ0n) is 15.3. The Kier molecular flexibility index (Phi) is 4.69. The average molecular weight is 392 g/mol. The van der Waals surface area contributed by atoms with Gasteiger partial charge in [0, 0.05) is 37.8 Å². The minimum Gasteiger partial charge on any atom is -0.395 e. The molecule has 3 aliphatic heterocycles. The molecule has 9 heteroatoms. The minimum atomic E-state index is -3.26. The van der Waals surface area contributed by atoms with Crippen molar-refractivity contribution >= 4 is 27.0 Å². The van der Waals surface area contributed by atoms with Crippen LogP contribution >= 0.6 is 0 Å². The van der Waals surface area contributed by atoms with Gasteiger partial charge in [-0.15, -0.1) is 0 Å². The lowest BCUT2D eigenvalue weighted by molar-refractivity contribution is 0.0589. The number of aliphatic hydroxyl groups is 1. The lowest BCUT2D eigenvalue weighted by Crippen LogP contribution is -2.47. The number of rotatable bonds is 4. The van der Waals surface area contributed by atoms with Crippen molar-refractivity contribution in [3.63, 3.8) is 0 Å². The van der Waals surface area contributed by atoms with E-state index in [1.165, 1.54) is 10.6 Å². The second kappa shape index (κ2) is 6.88. The Hall–Kier alpha value is -1.97. The first-order valence-electron chi connectivity index (χ1n) is 9.18. The Bertz CT molecular complexity index is 971. The number of carbonyl (C=O) groups excluding carboxylic acids is 1. The fraction of sp³-hybridized carbons (Fsp3) is 0.556. The average Bonchev–Trinajstić information content (AvgIpc) is 2.81. The molecule has 1 N–H and O–H groups in total. The molecule has 8 nitrogen and oxygen atoms in total. The Morgan fingerprint density at radius 2 is 2.07 bits per heavy atom. The van der Waals surface area contributed by atoms with Crippen LogP contribution in [-0.2, 0) is 16.6 Å². The molecule has 2 aromatic rings. The predicted octanol–water partition coefficient (Wildman–Crippen LogP) is 0.525. The van der Waals surface area contributed by atoms with E-state index in [9.17, 15) is 13.2 Å². The molecule has 0 saturated carbocycles. The van der Waals surface area contributed by atoms with Gasteiger partial charge in [-0.1, -0.05) is 0 Å². The number of hydrogen-bond donors (Lipinski definition) is 1. The molecule has 146 valence electrons. The number of carbonyl (C=O) groups is 1. The summed E-state index contributed by atoms with van der Waals surface area (Å²) in [4.78, 5) is 19.3. The third-order valence-electron chi connectivity index (χ3n) is 5.62. The summed E-state index contributed by atoms with van der Waals surface area (Å²) in [7, 11) is -3.26. The maximum Gasteiger partial charge on any atom is 0.254 e. The van der Waals surface area contributed by atoms with E-state index in [0.717, 1.165) is 18.4 Å². The molecular weight excluding hydrogens is 368 g/mol. The summed E-state index contributed by atoms with van der Waals surface area (Å²) in [5, 5.41) is 9.12. The van der Waals surface area contributed by atoms with Gasteiger partial charge >= 0.3 is 0 Å². The minimum absolute atomic E-state index is 0.0276. The second-order valence-corrected chi connectivity index (χ2v) is 9.48. The Morgan fingerprint density at radius 3 is 2.81 bits per heavy atom. The van der Waals surface area contributed by atoms with E-state index in [1.54, 1.807) is 18.5 Å². The van der Waals surface area contributed by atoms with Crippen molar-refractivity contribution in [2.75, 3.05) is 32.5 Å². The van der Waals surface area contributed by atoms with E-state index in [2.05, 4.69) is 4.98 Å². The van der Waals surface area contributed by atoms with Gasteiger partial charge in [0.15, 0.2) is 0 Å². The number of nitrogens with zero attached hydrogens (tertiary/aromatic N) is 4. The standard InChI is InChI=1S/C18H24N4O4S/c1-27(25,26)21-9-13-2-4-15(11-21)22(10-13)18(24)14-3-5-17-16(8-14)19-12-20(17)6-7-23/h3,5,8,12-13,15,23H,2,4,6-7,9-11H2,1H3/t13-,15+/m0/s1. The molecule has 1 aromatic heterocycles. The highest BCUT2D eigenvalue weighted by molar-refractivity contribution is 7.88. The number of imidazole rings is 1. The fourth-order valence-corrected chi connectivity index (χ4v) is 5.13. The fourth-order valence-electron chi connectivity index (χ4n) is 4.21. The molecule has 3 aliphatic rings. The highest BCUT2D eigenvalue weighted by Crippen LogP contribution is 2.30. The molecule has 4 heterocycles. The van der Waals surface area contributed by atoms with Crippen molar-refractivity contribution in [2.24, 2.45) is 5.92 Å². The van der Waals surface area contributed by atoms with E-state index in [4.69, 9.17) is 5.11 Å². The lowest BCUT2D eigenvalue weighted by atomic mass is 9.94. The molecule has 1 amide bonds. The van der Waals surface area contributed by atoms with E-state index >= 15 is 0 Å². The number of aliphatic hydroxyl groups excluding tert-OH is 1. The molecular formula is C18H24N4O4S. The number of hydrogen-bond acceptors (Lipinski definition) is 5. The van der Waals surface area contributed by atoms with Crippen LogP contribution in [0.5, 0.6) is 0 Å². The van der Waals surface area contributed by atoms with Gasteiger partial charge in [-0.25, -0.2) is 13.4 Å². The van der Waals surface area contributed by atoms with E-state index < -0.39 is 10.0 Å². The molecule has 0 spiro atoms. The van der Waals surface area contributed by atoms with Crippen molar-refractivity contribution in [2.45, 2.75) is 25.4 Å². The maximum absolute atomic E-state index is 13.2. The maximum atomic E-state index is 13.2. The van der Waals surface area contributed by atoms with Gasteiger partial charge in [-0.2, -0.15) is 4.31 Å². The number of piperidine rings is 1. The first-order chi connectivity index (χ1) is 12.9. The number of fused-ring (bicyclic) bond motifs is 5. The van der Waals surface area contributed by atoms with Crippen LogP contribution in [0.25, 0.3) is 11.0 Å². The second-order valence-electron chi connectivity index (χ2n) is 7.50. The first kappa shape index (κ1) is 18.4. The van der Waals surface area contributed by atoms with E-state index in [-0.39, 0.29) is 24.5 Å². The number of aromatic nitrogens is 2. The van der Waals surface area contributed by atoms with Crippen LogP contribution in [0.3, 0.4) is 0 Å². The predicted molar refractivity (Wildman–Crippen MR) is 101 cm³/mol. The molecule has 2 bridgehead atoms. The van der Waals surface area contributed by atoms with Crippen LogP contribution in [0.2, 0.25) is 0 Å². The van der Waals surface area contributed by atoms with Crippen LogP contribution in [0, 0.1) is 5.92 Å². The zero-order chi connectivity index (χ0) is 19.2. The topological polar surface area (TPSA) is 95.7 Å². The Balaban J connectivity index is 1.60. The van der Waals surface area contributed by atoms with Crippen molar-refractivity contribution < 1.29 is 18.3 Å². The molecule has 1 aromatic carbocycles. The lowest BCUT2D eigenvalue weighted by Gasteiger charge is -2.36. The monoisotopic (exact) mass is 392 g/mol. The third kappa shape index (κ3) is 3.46. The molecule has 5 rings (SSSR count). The largest absolute Gasteiger partial charge is 0.395 e. The molecule has 0 unspecified atom stereocenters. The number of benzene rings is 1. The van der Waals surface area contributed by atoms with Gasteiger partial charge in [0.05, 0.1) is 30.2 Å². The quantitative estimate of drug-likeness (QED) is 0.819. The smallest absolute Gasteiger partial charge is 0.254 e. The number of sulfonamides is 1. The van der Waals surface area contributed by atoms with E-state index in [0.29, 0.717) is 37.3 Å². The Morgan fingerprint density at radius 1 is 1.26 bits per heavy atom. The zero-order valence-corrected chi connectivity index (χ0v) is 16.1. The van der Waals surface area contributed by atoms with Crippen molar-refractivity contribution in [1.82, 2.24) is 18.8 Å². The summed E-state index contributed by atoms with van der Waals surface area (Å²) >= 11 is 0. The first-order valence-corrected chi connectivity index (χ1v) is 11.0. The van der Waals surface area contributed by atoms with Crippen molar-refractivity contribution in [3.05, 3.63) is 30.1 Å². The summed E-state index contributed by atoms with van der Waals surface area (Å²) in [5.74, 6) is 0.105. The summed E-state index contributed by atoms with van der Waals surface area (Å²) in [6, 6.07) is 5.32. The van der Waals surface area contributed by atoms with Gasteiger partial charge in [-0.05, 0) is 37.0 Å². The molecule has 2 atom stereocenters. The van der Waals surface area contributed by atoms with Crippen LogP contribution < -0.4 is 0 Å². The normalized spacial score (nSPS) is 23.7. The van der Waals surface area contributed by atoms with Gasteiger partial charge in [0.1, 0.15) is 0 Å². The highest BCUT2D eigenvalue weighted by atomic mass is 32.2. The van der Waals surface area contributed by atoms with Crippen molar-refractivity contribution in [1.29, 1.82) is 0 Å². The van der Waals surface area contributed by atoms with Gasteiger partial charge < -0.3 is 14.6 Å². The van der Waals surface area contributed by atoms with Crippen LogP contribution in [0.4, 0.5) is 0 Å².